The van der Waals surface area contributed by atoms with Gasteiger partial charge >= 0.3 is 0 Å². The van der Waals surface area contributed by atoms with Crippen molar-refractivity contribution in [3.63, 3.8) is 0 Å². The number of ether oxygens (including phenoxy) is 1. The predicted molar refractivity (Wildman–Crippen MR) is 163 cm³/mol. The lowest BCUT2D eigenvalue weighted by Crippen LogP contribution is -2.52. The Bertz CT molecular complexity index is 1430. The Balaban J connectivity index is 2.11. The van der Waals surface area contributed by atoms with E-state index in [4.69, 9.17) is 27.9 Å². The van der Waals surface area contributed by atoms with Crippen molar-refractivity contribution < 1.29 is 22.7 Å². The summed E-state index contributed by atoms with van der Waals surface area (Å²) in [7, 11) is -2.80. The van der Waals surface area contributed by atoms with Gasteiger partial charge in [-0.25, -0.2) is 8.42 Å². The molecule has 0 aliphatic carbocycles. The molecule has 3 rings (SSSR count). The summed E-state index contributed by atoms with van der Waals surface area (Å²) in [5.41, 5.74) is 0.634. The largest absolute Gasteiger partial charge is 0.495 e. The van der Waals surface area contributed by atoms with Crippen molar-refractivity contribution in [1.29, 1.82) is 0 Å². The number of nitrogens with one attached hydrogen (secondary N) is 1. The van der Waals surface area contributed by atoms with Gasteiger partial charge in [-0.1, -0.05) is 80.4 Å². The molecule has 8 nitrogen and oxygen atoms in total. The minimum atomic E-state index is -4.23. The molecule has 0 fully saturated rings. The summed E-state index contributed by atoms with van der Waals surface area (Å²) in [5, 5.41) is 3.54. The molecule has 41 heavy (non-hydrogen) atoms. The molecule has 1 atom stereocenters. The van der Waals surface area contributed by atoms with Crippen LogP contribution in [-0.4, -0.2) is 51.4 Å². The molecule has 3 aromatic rings. The fraction of sp³-hybridized carbons (Fsp3) is 0.333. The zero-order valence-corrected chi connectivity index (χ0v) is 25.8. The fourth-order valence-electron chi connectivity index (χ4n) is 4.26. The SMILES string of the molecule is CC[C@@H](C(=O)NCC(C)C)N(Cc1c(Cl)cccc1Cl)C(=O)CN(c1ccccc1OC)S(=O)(=O)c1ccccc1. The number of hydrogen-bond acceptors (Lipinski definition) is 5. The molecule has 0 aliphatic rings. The highest BCUT2D eigenvalue weighted by Crippen LogP contribution is 2.33. The van der Waals surface area contributed by atoms with Gasteiger partial charge in [0, 0.05) is 28.7 Å². The van der Waals surface area contributed by atoms with E-state index in [9.17, 15) is 18.0 Å². The monoisotopic (exact) mass is 619 g/mol. The number of anilines is 1. The van der Waals surface area contributed by atoms with E-state index >= 15 is 0 Å². The molecule has 0 aliphatic heterocycles. The van der Waals surface area contributed by atoms with Crippen LogP contribution in [-0.2, 0) is 26.2 Å². The van der Waals surface area contributed by atoms with Crippen molar-refractivity contribution in [2.45, 2.75) is 44.7 Å². The van der Waals surface area contributed by atoms with Crippen LogP contribution in [0.15, 0.2) is 77.7 Å². The topological polar surface area (TPSA) is 96.0 Å². The molecular weight excluding hydrogens is 585 g/mol. The van der Waals surface area contributed by atoms with Gasteiger partial charge in [-0.3, -0.25) is 13.9 Å². The van der Waals surface area contributed by atoms with Crippen molar-refractivity contribution in [3.8, 4) is 5.75 Å². The number of carbonyl (C=O) groups is 2. The van der Waals surface area contributed by atoms with Gasteiger partial charge in [0.15, 0.2) is 0 Å². The summed E-state index contributed by atoms with van der Waals surface area (Å²) in [6.07, 6.45) is 0.276. The third-order valence-corrected chi connectivity index (χ3v) is 8.91. The lowest BCUT2D eigenvalue weighted by Gasteiger charge is -2.34. The number of benzene rings is 3. The molecule has 11 heteroatoms. The summed E-state index contributed by atoms with van der Waals surface area (Å²) in [5.74, 6) is -0.511. The number of rotatable bonds is 13. The van der Waals surface area contributed by atoms with Crippen molar-refractivity contribution in [3.05, 3.63) is 88.4 Å². The second-order valence-electron chi connectivity index (χ2n) is 9.78. The van der Waals surface area contributed by atoms with Gasteiger partial charge in [0.1, 0.15) is 18.3 Å². The van der Waals surface area contributed by atoms with E-state index in [-0.39, 0.29) is 41.1 Å². The molecule has 0 saturated heterocycles. The summed E-state index contributed by atoms with van der Waals surface area (Å²) < 4.78 is 34.4. The number of methoxy groups -OCH3 is 1. The molecular formula is C30H35Cl2N3O5S. The maximum atomic E-state index is 14.2. The number of nitrogens with zero attached hydrogens (tertiary/aromatic N) is 2. The predicted octanol–water partition coefficient (Wildman–Crippen LogP) is 5.78. The molecule has 0 radical (unpaired) electrons. The Morgan fingerprint density at radius 2 is 1.54 bits per heavy atom. The van der Waals surface area contributed by atoms with Gasteiger partial charge in [0.2, 0.25) is 11.8 Å². The number of carbonyl (C=O) groups excluding carboxylic acids is 2. The molecule has 1 N–H and O–H groups in total. The number of sulfonamides is 1. The van der Waals surface area contributed by atoms with Gasteiger partial charge < -0.3 is 15.0 Å². The second kappa shape index (κ2) is 14.6. The lowest BCUT2D eigenvalue weighted by molar-refractivity contribution is -0.140. The molecule has 0 heterocycles. The van der Waals surface area contributed by atoms with Gasteiger partial charge in [0.05, 0.1) is 17.7 Å². The normalized spacial score (nSPS) is 12.1. The standard InChI is InChI=1S/C30H35Cl2N3O5S/c1-5-26(30(37)33-18-21(2)3)34(19-23-24(31)14-11-15-25(23)32)29(36)20-35(27-16-9-10-17-28(27)40-4)41(38,39)22-12-7-6-8-13-22/h6-17,21,26H,5,18-20H2,1-4H3,(H,33,37)/t26-/m0/s1. The number of halogens is 2. The van der Waals surface area contributed by atoms with Gasteiger partial charge in [0.25, 0.3) is 10.0 Å². The average Bonchev–Trinajstić information content (AvgIpc) is 2.96. The highest BCUT2D eigenvalue weighted by molar-refractivity contribution is 7.92. The van der Waals surface area contributed by atoms with Crippen LogP contribution in [0.1, 0.15) is 32.8 Å². The third-order valence-electron chi connectivity index (χ3n) is 6.42. The van der Waals surface area contributed by atoms with Crippen molar-refractivity contribution in [2.75, 3.05) is 24.5 Å². The first kappa shape index (κ1) is 32.2. The third kappa shape index (κ3) is 7.93. The Labute approximate surface area is 252 Å². The van der Waals surface area contributed by atoms with Crippen LogP contribution >= 0.6 is 23.2 Å². The van der Waals surface area contributed by atoms with E-state index in [0.717, 1.165) is 4.31 Å². The minimum Gasteiger partial charge on any atom is -0.495 e. The first-order valence-corrected chi connectivity index (χ1v) is 15.4. The van der Waals surface area contributed by atoms with Crippen molar-refractivity contribution >= 4 is 50.7 Å². The molecule has 3 aromatic carbocycles. The first-order chi connectivity index (χ1) is 19.5. The van der Waals surface area contributed by atoms with E-state index in [0.29, 0.717) is 22.2 Å². The van der Waals surface area contributed by atoms with Gasteiger partial charge in [-0.15, -0.1) is 0 Å². The minimum absolute atomic E-state index is 0.00104. The second-order valence-corrected chi connectivity index (χ2v) is 12.5. The Hall–Kier alpha value is -3.27. The molecule has 0 saturated carbocycles. The van der Waals surface area contributed by atoms with Crippen LogP contribution in [0, 0.1) is 5.92 Å². The van der Waals surface area contributed by atoms with Crippen LogP contribution in [0.2, 0.25) is 10.0 Å². The van der Waals surface area contributed by atoms with Crippen molar-refractivity contribution in [1.82, 2.24) is 10.2 Å². The number of para-hydroxylation sites is 2. The Morgan fingerprint density at radius 1 is 0.927 bits per heavy atom. The zero-order chi connectivity index (χ0) is 30.2. The highest BCUT2D eigenvalue weighted by atomic mass is 35.5. The van der Waals surface area contributed by atoms with Crippen LogP contribution in [0.25, 0.3) is 0 Å². The van der Waals surface area contributed by atoms with E-state index in [2.05, 4.69) is 5.32 Å². The zero-order valence-electron chi connectivity index (χ0n) is 23.5. The lowest BCUT2D eigenvalue weighted by atomic mass is 10.1. The molecule has 0 aromatic heterocycles. The van der Waals surface area contributed by atoms with E-state index in [1.165, 1.54) is 24.1 Å². The molecule has 2 amide bonds. The molecule has 220 valence electrons. The first-order valence-electron chi connectivity index (χ1n) is 13.2. The summed E-state index contributed by atoms with van der Waals surface area (Å²) in [6.45, 7) is 5.43. The summed E-state index contributed by atoms with van der Waals surface area (Å²) >= 11 is 12.9. The van der Waals surface area contributed by atoms with Crippen molar-refractivity contribution in [2.24, 2.45) is 5.92 Å². The maximum Gasteiger partial charge on any atom is 0.264 e. The van der Waals surface area contributed by atoms with E-state index < -0.39 is 28.5 Å². The average molecular weight is 621 g/mol. The van der Waals surface area contributed by atoms with Gasteiger partial charge in [-0.05, 0) is 48.7 Å². The summed E-state index contributed by atoms with van der Waals surface area (Å²) in [4.78, 5) is 28.9. The Kier molecular flexibility index (Phi) is 11.5. The van der Waals surface area contributed by atoms with Crippen LogP contribution < -0.4 is 14.4 Å². The van der Waals surface area contributed by atoms with Gasteiger partial charge in [-0.2, -0.15) is 0 Å². The molecule has 0 bridgehead atoms. The Morgan fingerprint density at radius 3 is 2.12 bits per heavy atom. The van der Waals surface area contributed by atoms with E-state index in [1.54, 1.807) is 67.6 Å². The molecule has 0 spiro atoms. The smallest absolute Gasteiger partial charge is 0.264 e. The maximum absolute atomic E-state index is 14.2. The summed E-state index contributed by atoms with van der Waals surface area (Å²) in [6, 6.07) is 18.4. The highest BCUT2D eigenvalue weighted by Gasteiger charge is 2.35. The fourth-order valence-corrected chi connectivity index (χ4v) is 6.23. The van der Waals surface area contributed by atoms with Crippen LogP contribution in [0.5, 0.6) is 5.75 Å². The molecule has 0 unspecified atom stereocenters. The number of hydrogen-bond donors (Lipinski definition) is 1. The van der Waals surface area contributed by atoms with E-state index in [1.807, 2.05) is 13.8 Å². The quantitative estimate of drug-likeness (QED) is 0.262. The van der Waals surface area contributed by atoms with Crippen LogP contribution in [0.3, 0.4) is 0 Å². The number of amides is 2. The van der Waals surface area contributed by atoms with Crippen LogP contribution in [0.4, 0.5) is 5.69 Å².